The molecule has 1 N–H and O–H groups in total. The lowest BCUT2D eigenvalue weighted by molar-refractivity contribution is 0.0876. The third kappa shape index (κ3) is 3.13. The summed E-state index contributed by atoms with van der Waals surface area (Å²) in [6.45, 7) is 6.91. The van der Waals surface area contributed by atoms with Crippen LogP contribution in [0.25, 0.3) is 10.1 Å². The SMILES string of the molecule is CC1CC(NC(=O)c2csc3ccccc23)CC(C)(C)C1. The molecule has 0 bridgehead atoms. The van der Waals surface area contributed by atoms with E-state index >= 15 is 0 Å². The first-order chi connectivity index (χ1) is 9.94. The molecule has 1 heterocycles. The fourth-order valence-corrected chi connectivity index (χ4v) is 4.81. The quantitative estimate of drug-likeness (QED) is 0.844. The van der Waals surface area contributed by atoms with Gasteiger partial charge in [0.1, 0.15) is 0 Å². The van der Waals surface area contributed by atoms with Gasteiger partial charge in [-0.15, -0.1) is 11.3 Å². The van der Waals surface area contributed by atoms with Crippen LogP contribution in [0.4, 0.5) is 0 Å². The molecule has 1 aromatic carbocycles. The summed E-state index contributed by atoms with van der Waals surface area (Å²) < 4.78 is 1.18. The second-order valence-electron chi connectivity index (χ2n) is 7.23. The fourth-order valence-electron chi connectivity index (χ4n) is 3.87. The Hall–Kier alpha value is -1.35. The number of hydrogen-bond acceptors (Lipinski definition) is 2. The minimum Gasteiger partial charge on any atom is -0.349 e. The maximum absolute atomic E-state index is 12.6. The van der Waals surface area contributed by atoms with Gasteiger partial charge in [0.15, 0.2) is 0 Å². The van der Waals surface area contributed by atoms with Gasteiger partial charge in [0.2, 0.25) is 0 Å². The first kappa shape index (κ1) is 14.6. The van der Waals surface area contributed by atoms with Crippen LogP contribution < -0.4 is 5.32 Å². The maximum atomic E-state index is 12.6. The molecule has 0 saturated heterocycles. The van der Waals surface area contributed by atoms with E-state index in [1.165, 1.54) is 11.1 Å². The predicted molar refractivity (Wildman–Crippen MR) is 89.9 cm³/mol. The smallest absolute Gasteiger partial charge is 0.252 e. The Balaban J connectivity index is 1.77. The van der Waals surface area contributed by atoms with Crippen molar-refractivity contribution in [3.8, 4) is 0 Å². The summed E-state index contributed by atoms with van der Waals surface area (Å²) in [6.07, 6.45) is 3.42. The molecule has 3 rings (SSSR count). The lowest BCUT2D eigenvalue weighted by Crippen LogP contribution is -2.42. The zero-order valence-corrected chi connectivity index (χ0v) is 13.8. The Morgan fingerprint density at radius 3 is 2.81 bits per heavy atom. The first-order valence-corrected chi connectivity index (χ1v) is 8.60. The van der Waals surface area contributed by atoms with Crippen LogP contribution in [0.5, 0.6) is 0 Å². The lowest BCUT2D eigenvalue weighted by atomic mass is 9.70. The highest BCUT2D eigenvalue weighted by molar-refractivity contribution is 7.17. The zero-order chi connectivity index (χ0) is 15.0. The van der Waals surface area contributed by atoms with Crippen molar-refractivity contribution < 1.29 is 4.79 Å². The van der Waals surface area contributed by atoms with Gasteiger partial charge in [-0.25, -0.2) is 0 Å². The summed E-state index contributed by atoms with van der Waals surface area (Å²) in [7, 11) is 0. The molecule has 1 aliphatic rings. The molecule has 2 atom stereocenters. The molecule has 1 aromatic heterocycles. The van der Waals surface area contributed by atoms with Gasteiger partial charge in [-0.1, -0.05) is 39.0 Å². The van der Waals surface area contributed by atoms with Crippen LogP contribution in [0, 0.1) is 11.3 Å². The van der Waals surface area contributed by atoms with Crippen molar-refractivity contribution in [2.45, 2.75) is 46.1 Å². The van der Waals surface area contributed by atoms with Crippen molar-refractivity contribution in [2.24, 2.45) is 11.3 Å². The molecule has 0 aliphatic heterocycles. The standard InChI is InChI=1S/C18H23NOS/c1-12-8-13(10-18(2,3)9-12)19-17(20)15-11-21-16-7-5-4-6-14(15)16/h4-7,11-13H,8-10H2,1-3H3,(H,19,20). The number of hydrogen-bond donors (Lipinski definition) is 1. The molecule has 0 spiro atoms. The first-order valence-electron chi connectivity index (χ1n) is 7.72. The van der Waals surface area contributed by atoms with Crippen LogP contribution in [0.2, 0.25) is 0 Å². The third-order valence-electron chi connectivity index (χ3n) is 4.45. The topological polar surface area (TPSA) is 29.1 Å². The van der Waals surface area contributed by atoms with Crippen LogP contribution in [-0.2, 0) is 0 Å². The number of amides is 1. The molecule has 1 saturated carbocycles. The van der Waals surface area contributed by atoms with E-state index in [0.29, 0.717) is 17.4 Å². The number of benzene rings is 1. The van der Waals surface area contributed by atoms with Crippen molar-refractivity contribution in [1.29, 1.82) is 0 Å². The molecule has 0 radical (unpaired) electrons. The van der Waals surface area contributed by atoms with Gasteiger partial charge in [-0.05, 0) is 36.7 Å². The van der Waals surface area contributed by atoms with E-state index in [0.717, 1.165) is 23.8 Å². The van der Waals surface area contributed by atoms with Crippen LogP contribution in [0.3, 0.4) is 0 Å². The molecular formula is C18H23NOS. The Kier molecular flexibility index (Phi) is 3.78. The normalized spacial score (nSPS) is 24.9. The number of nitrogens with one attached hydrogen (secondary N) is 1. The monoisotopic (exact) mass is 301 g/mol. The highest BCUT2D eigenvalue weighted by atomic mass is 32.1. The van der Waals surface area contributed by atoms with E-state index in [1.807, 2.05) is 23.6 Å². The molecule has 1 fully saturated rings. The molecule has 2 nitrogen and oxygen atoms in total. The van der Waals surface area contributed by atoms with Gasteiger partial charge in [0, 0.05) is 21.5 Å². The Labute approximate surface area is 130 Å². The second kappa shape index (κ2) is 5.45. The van der Waals surface area contributed by atoms with Gasteiger partial charge < -0.3 is 5.32 Å². The van der Waals surface area contributed by atoms with Crippen molar-refractivity contribution >= 4 is 27.3 Å². The lowest BCUT2D eigenvalue weighted by Gasteiger charge is -2.39. The Morgan fingerprint density at radius 1 is 1.29 bits per heavy atom. The van der Waals surface area contributed by atoms with Gasteiger partial charge in [-0.3, -0.25) is 4.79 Å². The minimum atomic E-state index is 0.0855. The number of carbonyl (C=O) groups is 1. The third-order valence-corrected chi connectivity index (χ3v) is 5.41. The Morgan fingerprint density at radius 2 is 2.05 bits per heavy atom. The largest absolute Gasteiger partial charge is 0.349 e. The number of thiophene rings is 1. The van der Waals surface area contributed by atoms with Crippen LogP contribution in [0.1, 0.15) is 50.4 Å². The summed E-state index contributed by atoms with van der Waals surface area (Å²) in [5.41, 5.74) is 1.15. The molecule has 1 amide bonds. The van der Waals surface area contributed by atoms with Crippen molar-refractivity contribution in [3.05, 3.63) is 35.2 Å². The van der Waals surface area contributed by atoms with E-state index in [9.17, 15) is 4.79 Å². The number of fused-ring (bicyclic) bond motifs is 1. The average molecular weight is 301 g/mol. The molecule has 2 unspecified atom stereocenters. The minimum absolute atomic E-state index is 0.0855. The summed E-state index contributed by atoms with van der Waals surface area (Å²) >= 11 is 1.64. The van der Waals surface area contributed by atoms with E-state index < -0.39 is 0 Å². The molecule has 112 valence electrons. The number of rotatable bonds is 2. The van der Waals surface area contributed by atoms with Crippen molar-refractivity contribution in [2.75, 3.05) is 0 Å². The van der Waals surface area contributed by atoms with Gasteiger partial charge in [0.05, 0.1) is 5.56 Å². The molecule has 21 heavy (non-hydrogen) atoms. The second-order valence-corrected chi connectivity index (χ2v) is 8.14. The van der Waals surface area contributed by atoms with Crippen molar-refractivity contribution in [1.82, 2.24) is 5.32 Å². The molecular weight excluding hydrogens is 278 g/mol. The zero-order valence-electron chi connectivity index (χ0n) is 13.0. The molecule has 2 aromatic rings. The maximum Gasteiger partial charge on any atom is 0.252 e. The van der Waals surface area contributed by atoms with E-state index in [4.69, 9.17) is 0 Å². The Bertz CT molecular complexity index is 658. The summed E-state index contributed by atoms with van der Waals surface area (Å²) in [6, 6.07) is 8.43. The van der Waals surface area contributed by atoms with E-state index in [2.05, 4.69) is 32.2 Å². The molecule has 3 heteroatoms. The van der Waals surface area contributed by atoms with Gasteiger partial charge in [-0.2, -0.15) is 0 Å². The number of carbonyl (C=O) groups excluding carboxylic acids is 1. The summed E-state index contributed by atoms with van der Waals surface area (Å²) in [5.74, 6) is 0.764. The van der Waals surface area contributed by atoms with Crippen LogP contribution in [0.15, 0.2) is 29.6 Å². The van der Waals surface area contributed by atoms with Crippen LogP contribution >= 0.6 is 11.3 Å². The fraction of sp³-hybridized carbons (Fsp3) is 0.500. The summed E-state index contributed by atoms with van der Waals surface area (Å²) in [5, 5.41) is 6.32. The van der Waals surface area contributed by atoms with Crippen LogP contribution in [-0.4, -0.2) is 11.9 Å². The molecule has 1 aliphatic carbocycles. The average Bonchev–Trinajstić information content (AvgIpc) is 2.79. The van der Waals surface area contributed by atoms with Gasteiger partial charge in [0.25, 0.3) is 5.91 Å². The summed E-state index contributed by atoms with van der Waals surface area (Å²) in [4.78, 5) is 12.6. The highest BCUT2D eigenvalue weighted by Crippen LogP contribution is 2.38. The highest BCUT2D eigenvalue weighted by Gasteiger charge is 2.33. The predicted octanol–water partition coefficient (Wildman–Crippen LogP) is 4.85. The van der Waals surface area contributed by atoms with Crippen molar-refractivity contribution in [3.63, 3.8) is 0 Å². The van der Waals surface area contributed by atoms with E-state index in [-0.39, 0.29) is 5.91 Å². The van der Waals surface area contributed by atoms with E-state index in [1.54, 1.807) is 11.3 Å². The van der Waals surface area contributed by atoms with Gasteiger partial charge >= 0.3 is 0 Å².